The lowest BCUT2D eigenvalue weighted by Gasteiger charge is -2.21. The van der Waals surface area contributed by atoms with E-state index < -0.39 is 5.92 Å². The number of benzene rings is 2. The van der Waals surface area contributed by atoms with Gasteiger partial charge in [0, 0.05) is 31.1 Å². The Hall–Kier alpha value is -2.73. The number of halogens is 1. The zero-order valence-corrected chi connectivity index (χ0v) is 18.9. The molecule has 0 unspecified atom stereocenters. The largest absolute Gasteiger partial charge is 0.497 e. The summed E-state index contributed by atoms with van der Waals surface area (Å²) in [7, 11) is 3.20. The second-order valence-electron chi connectivity index (χ2n) is 7.66. The molecule has 0 radical (unpaired) electrons. The molecule has 3 rings (SSSR count). The van der Waals surface area contributed by atoms with Crippen LogP contribution in [0.15, 0.2) is 42.5 Å². The van der Waals surface area contributed by atoms with Gasteiger partial charge in [0.1, 0.15) is 11.5 Å². The lowest BCUT2D eigenvalue weighted by Crippen LogP contribution is -2.36. The molecule has 166 valence electrons. The molecule has 6 nitrogen and oxygen atoms in total. The zero-order chi connectivity index (χ0) is 22.4. The van der Waals surface area contributed by atoms with E-state index in [1.54, 1.807) is 43.4 Å². The number of ether oxygens (including phenoxy) is 2. The second-order valence-corrected chi connectivity index (χ2v) is 8.06. The van der Waals surface area contributed by atoms with Crippen LogP contribution in [0.5, 0.6) is 11.5 Å². The lowest BCUT2D eigenvalue weighted by atomic mass is 9.87. The van der Waals surface area contributed by atoms with Crippen molar-refractivity contribution in [3.63, 3.8) is 0 Å². The van der Waals surface area contributed by atoms with Gasteiger partial charge in [-0.3, -0.25) is 9.59 Å². The van der Waals surface area contributed by atoms with Crippen LogP contribution in [0.2, 0.25) is 5.02 Å². The molecule has 1 saturated heterocycles. The van der Waals surface area contributed by atoms with Crippen LogP contribution in [0.3, 0.4) is 0 Å². The molecule has 31 heavy (non-hydrogen) atoms. The summed E-state index contributed by atoms with van der Waals surface area (Å²) >= 11 is 6.26. The van der Waals surface area contributed by atoms with Crippen LogP contribution in [0.25, 0.3) is 0 Å². The van der Waals surface area contributed by atoms with Crippen LogP contribution in [0.1, 0.15) is 41.6 Å². The maximum Gasteiger partial charge on any atom is 0.255 e. The molecule has 0 spiro atoms. The van der Waals surface area contributed by atoms with Gasteiger partial charge in [0.25, 0.3) is 5.91 Å². The molecule has 0 aromatic heterocycles. The Morgan fingerprint density at radius 2 is 1.90 bits per heavy atom. The minimum atomic E-state index is -0.399. The Kier molecular flexibility index (Phi) is 7.80. The normalized spacial score (nSPS) is 18.0. The standard InChI is InChI=1S/C24H29ClN2O4/c1-4-5-12-26-23(28)20-15-27(24(29)17-8-6-7-9-21(17)25)14-19(20)18-13-16(30-2)10-11-22(18)31-3/h6-11,13,19-20H,4-5,12,14-15H2,1-3H3,(H,26,28)/t19-,20+/m0/s1. The fourth-order valence-electron chi connectivity index (χ4n) is 4.00. The highest BCUT2D eigenvalue weighted by Gasteiger charge is 2.42. The first-order valence-electron chi connectivity index (χ1n) is 10.5. The van der Waals surface area contributed by atoms with Gasteiger partial charge < -0.3 is 19.7 Å². The number of unbranched alkanes of at least 4 members (excludes halogenated alkanes) is 1. The first kappa shape index (κ1) is 22.9. The van der Waals surface area contributed by atoms with Gasteiger partial charge >= 0.3 is 0 Å². The Labute approximate surface area is 188 Å². The third-order valence-corrected chi connectivity index (χ3v) is 6.04. The smallest absolute Gasteiger partial charge is 0.255 e. The Morgan fingerprint density at radius 1 is 1.13 bits per heavy atom. The molecule has 1 N–H and O–H groups in total. The van der Waals surface area contributed by atoms with Crippen LogP contribution in [-0.2, 0) is 4.79 Å². The van der Waals surface area contributed by atoms with Crippen molar-refractivity contribution in [3.05, 3.63) is 58.6 Å². The number of amides is 2. The maximum atomic E-state index is 13.2. The van der Waals surface area contributed by atoms with Crippen molar-refractivity contribution < 1.29 is 19.1 Å². The van der Waals surface area contributed by atoms with Crippen molar-refractivity contribution in [2.24, 2.45) is 5.92 Å². The van der Waals surface area contributed by atoms with Crippen LogP contribution < -0.4 is 14.8 Å². The van der Waals surface area contributed by atoms with E-state index in [0.717, 1.165) is 18.4 Å². The number of rotatable bonds is 8. The highest BCUT2D eigenvalue weighted by atomic mass is 35.5. The van der Waals surface area contributed by atoms with Gasteiger partial charge in [0.2, 0.25) is 5.91 Å². The summed E-state index contributed by atoms with van der Waals surface area (Å²) in [6.07, 6.45) is 1.91. The summed E-state index contributed by atoms with van der Waals surface area (Å²) in [4.78, 5) is 28.0. The topological polar surface area (TPSA) is 67.9 Å². The average molecular weight is 445 g/mol. The Bertz CT molecular complexity index is 934. The number of nitrogens with one attached hydrogen (secondary N) is 1. The van der Waals surface area contributed by atoms with Gasteiger partial charge in [-0.15, -0.1) is 0 Å². The molecule has 2 atom stereocenters. The molecule has 1 fully saturated rings. The van der Waals surface area contributed by atoms with Gasteiger partial charge in [-0.05, 0) is 36.8 Å². The van der Waals surface area contributed by atoms with Gasteiger partial charge in [-0.1, -0.05) is 37.1 Å². The summed E-state index contributed by atoms with van der Waals surface area (Å²) in [6.45, 7) is 3.40. The third-order valence-electron chi connectivity index (χ3n) is 5.71. The minimum absolute atomic E-state index is 0.0576. The number of likely N-dealkylation sites (tertiary alicyclic amines) is 1. The highest BCUT2D eigenvalue weighted by molar-refractivity contribution is 6.33. The molecule has 1 heterocycles. The first-order valence-corrected chi connectivity index (χ1v) is 10.9. The highest BCUT2D eigenvalue weighted by Crippen LogP contribution is 2.40. The van der Waals surface area contributed by atoms with Crippen LogP contribution in [0, 0.1) is 5.92 Å². The summed E-state index contributed by atoms with van der Waals surface area (Å²) in [6, 6.07) is 12.5. The minimum Gasteiger partial charge on any atom is -0.497 e. The van der Waals surface area contributed by atoms with Crippen LogP contribution >= 0.6 is 11.6 Å². The molecule has 1 aliphatic rings. The van der Waals surface area contributed by atoms with Crippen molar-refractivity contribution in [1.82, 2.24) is 10.2 Å². The number of hydrogen-bond acceptors (Lipinski definition) is 4. The summed E-state index contributed by atoms with van der Waals surface area (Å²) in [5.41, 5.74) is 1.29. The van der Waals surface area contributed by atoms with E-state index in [2.05, 4.69) is 12.2 Å². The Balaban J connectivity index is 1.94. The fourth-order valence-corrected chi connectivity index (χ4v) is 4.22. The quantitative estimate of drug-likeness (QED) is 0.621. The van der Waals surface area contributed by atoms with Crippen LogP contribution in [-0.4, -0.2) is 50.6 Å². The molecular formula is C24H29ClN2O4. The van der Waals surface area contributed by atoms with Crippen molar-refractivity contribution >= 4 is 23.4 Å². The molecule has 7 heteroatoms. The summed E-state index contributed by atoms with van der Waals surface area (Å²) < 4.78 is 11.0. The van der Waals surface area contributed by atoms with Crippen LogP contribution in [0.4, 0.5) is 0 Å². The maximum absolute atomic E-state index is 13.2. The van der Waals surface area contributed by atoms with Crippen molar-refractivity contribution in [3.8, 4) is 11.5 Å². The van der Waals surface area contributed by atoms with E-state index >= 15 is 0 Å². The number of carbonyl (C=O) groups is 2. The van der Waals surface area contributed by atoms with E-state index in [4.69, 9.17) is 21.1 Å². The van der Waals surface area contributed by atoms with E-state index in [-0.39, 0.29) is 17.7 Å². The summed E-state index contributed by atoms with van der Waals surface area (Å²) in [5, 5.41) is 3.43. The monoisotopic (exact) mass is 444 g/mol. The molecule has 2 amide bonds. The van der Waals surface area contributed by atoms with Crippen molar-refractivity contribution in [2.45, 2.75) is 25.7 Å². The molecule has 0 bridgehead atoms. The number of carbonyl (C=O) groups excluding carboxylic acids is 2. The van der Waals surface area contributed by atoms with Gasteiger partial charge in [0.05, 0.1) is 30.7 Å². The molecule has 2 aromatic rings. The predicted molar refractivity (Wildman–Crippen MR) is 121 cm³/mol. The van der Waals surface area contributed by atoms with E-state index in [9.17, 15) is 9.59 Å². The van der Waals surface area contributed by atoms with E-state index in [1.807, 2.05) is 18.2 Å². The molecule has 1 aliphatic heterocycles. The first-order chi connectivity index (χ1) is 15.0. The SMILES string of the molecule is CCCCNC(=O)[C@@H]1CN(C(=O)c2ccccc2Cl)C[C@H]1c1cc(OC)ccc1OC. The van der Waals surface area contributed by atoms with Gasteiger partial charge in [-0.2, -0.15) is 0 Å². The van der Waals surface area contributed by atoms with Gasteiger partial charge in [-0.25, -0.2) is 0 Å². The van der Waals surface area contributed by atoms with E-state index in [1.165, 1.54) is 0 Å². The predicted octanol–water partition coefficient (Wildman–Crippen LogP) is 4.13. The van der Waals surface area contributed by atoms with E-state index in [0.29, 0.717) is 41.7 Å². The molecular weight excluding hydrogens is 416 g/mol. The third kappa shape index (κ3) is 5.13. The second kappa shape index (κ2) is 10.5. The fraction of sp³-hybridized carbons (Fsp3) is 0.417. The Morgan fingerprint density at radius 3 is 2.58 bits per heavy atom. The van der Waals surface area contributed by atoms with Crippen molar-refractivity contribution in [1.29, 1.82) is 0 Å². The number of methoxy groups -OCH3 is 2. The lowest BCUT2D eigenvalue weighted by molar-refractivity contribution is -0.124. The molecule has 0 saturated carbocycles. The zero-order valence-electron chi connectivity index (χ0n) is 18.2. The average Bonchev–Trinajstić information content (AvgIpc) is 3.24. The van der Waals surface area contributed by atoms with Gasteiger partial charge in [0.15, 0.2) is 0 Å². The van der Waals surface area contributed by atoms with Crippen molar-refractivity contribution in [2.75, 3.05) is 33.9 Å². The molecule has 2 aromatic carbocycles. The molecule has 0 aliphatic carbocycles. The number of nitrogens with zero attached hydrogens (tertiary/aromatic N) is 1. The number of hydrogen-bond donors (Lipinski definition) is 1. The summed E-state index contributed by atoms with van der Waals surface area (Å²) in [5.74, 6) is 0.488.